The molecule has 20 heavy (non-hydrogen) atoms. The molecule has 0 spiro atoms. The van der Waals surface area contributed by atoms with Gasteiger partial charge in [-0.1, -0.05) is 37.0 Å². The Kier molecular flexibility index (Phi) is 6.58. The first-order valence-electron chi connectivity index (χ1n) is 6.41. The minimum Gasteiger partial charge on any atom is -0.314 e. The molecule has 1 aromatic rings. The third-order valence-corrected chi connectivity index (χ3v) is 4.73. The second-order valence-electron chi connectivity index (χ2n) is 4.96. The van der Waals surface area contributed by atoms with E-state index in [1.165, 1.54) is 6.07 Å². The molecule has 0 atom stereocenters. The molecule has 0 amide bonds. The summed E-state index contributed by atoms with van der Waals surface area (Å²) in [6.45, 7) is 6.49. The summed E-state index contributed by atoms with van der Waals surface area (Å²) in [4.78, 5) is 0. The summed E-state index contributed by atoms with van der Waals surface area (Å²) >= 11 is 12.0. The summed E-state index contributed by atoms with van der Waals surface area (Å²) in [7, 11) is -3.42. The monoisotopic (exact) mass is 338 g/mol. The van der Waals surface area contributed by atoms with Crippen LogP contribution in [0.1, 0.15) is 25.8 Å². The molecule has 0 aliphatic carbocycles. The number of hydrogen-bond acceptors (Lipinski definition) is 3. The minimum atomic E-state index is -3.42. The van der Waals surface area contributed by atoms with Crippen LogP contribution in [0.2, 0.25) is 10.0 Å². The standard InChI is InChI=1S/C13H20Cl2N2O2S/c1-9(2)16-5-4-6-20(18,19)17-13-8-11(14)10(3)7-12(13)15/h7-9,16-17H,4-6H2,1-3H3. The fourth-order valence-corrected chi connectivity index (χ4v) is 3.21. The van der Waals surface area contributed by atoms with Crippen LogP contribution in [0.15, 0.2) is 12.1 Å². The van der Waals surface area contributed by atoms with Gasteiger partial charge in [-0.15, -0.1) is 0 Å². The summed E-state index contributed by atoms with van der Waals surface area (Å²) in [6.07, 6.45) is 0.532. The van der Waals surface area contributed by atoms with Crippen molar-refractivity contribution in [2.45, 2.75) is 33.2 Å². The Bertz CT molecular complexity index is 560. The van der Waals surface area contributed by atoms with Gasteiger partial charge >= 0.3 is 0 Å². The van der Waals surface area contributed by atoms with E-state index in [9.17, 15) is 8.42 Å². The van der Waals surface area contributed by atoms with E-state index in [0.29, 0.717) is 34.7 Å². The molecule has 0 saturated heterocycles. The lowest BCUT2D eigenvalue weighted by molar-refractivity contribution is 0.571. The Hall–Kier alpha value is -0.490. The van der Waals surface area contributed by atoms with E-state index < -0.39 is 10.0 Å². The number of benzene rings is 1. The molecule has 0 bridgehead atoms. The van der Waals surface area contributed by atoms with Gasteiger partial charge in [-0.25, -0.2) is 8.42 Å². The molecule has 0 radical (unpaired) electrons. The molecule has 0 saturated carbocycles. The molecule has 7 heteroatoms. The Morgan fingerprint density at radius 3 is 2.45 bits per heavy atom. The zero-order valence-corrected chi connectivity index (χ0v) is 14.2. The van der Waals surface area contributed by atoms with Crippen molar-refractivity contribution in [3.8, 4) is 0 Å². The highest BCUT2D eigenvalue weighted by molar-refractivity contribution is 7.92. The van der Waals surface area contributed by atoms with Gasteiger partial charge in [-0.3, -0.25) is 4.72 Å². The van der Waals surface area contributed by atoms with E-state index in [1.807, 2.05) is 20.8 Å². The van der Waals surface area contributed by atoms with Crippen molar-refractivity contribution in [1.82, 2.24) is 5.32 Å². The van der Waals surface area contributed by atoms with Gasteiger partial charge in [0.1, 0.15) is 0 Å². The topological polar surface area (TPSA) is 58.2 Å². The van der Waals surface area contributed by atoms with Crippen LogP contribution >= 0.6 is 23.2 Å². The van der Waals surface area contributed by atoms with Crippen molar-refractivity contribution >= 4 is 38.9 Å². The van der Waals surface area contributed by atoms with Crippen LogP contribution in [0, 0.1) is 6.92 Å². The lowest BCUT2D eigenvalue weighted by Crippen LogP contribution is -2.26. The van der Waals surface area contributed by atoms with Gasteiger partial charge in [0.05, 0.1) is 16.5 Å². The zero-order valence-electron chi connectivity index (χ0n) is 11.8. The van der Waals surface area contributed by atoms with E-state index in [-0.39, 0.29) is 5.75 Å². The average molecular weight is 339 g/mol. The van der Waals surface area contributed by atoms with Crippen molar-refractivity contribution in [2.24, 2.45) is 0 Å². The van der Waals surface area contributed by atoms with Crippen LogP contribution < -0.4 is 10.0 Å². The Morgan fingerprint density at radius 1 is 1.20 bits per heavy atom. The van der Waals surface area contributed by atoms with Crippen LogP contribution in [0.3, 0.4) is 0 Å². The molecule has 1 rings (SSSR count). The highest BCUT2D eigenvalue weighted by atomic mass is 35.5. The number of nitrogens with one attached hydrogen (secondary N) is 2. The Balaban J connectivity index is 2.65. The summed E-state index contributed by atoms with van der Waals surface area (Å²) in [5.74, 6) is 0.0363. The first-order valence-corrected chi connectivity index (χ1v) is 8.81. The van der Waals surface area contributed by atoms with E-state index in [1.54, 1.807) is 6.07 Å². The quantitative estimate of drug-likeness (QED) is 0.748. The predicted molar refractivity (Wildman–Crippen MR) is 86.4 cm³/mol. The molecule has 2 N–H and O–H groups in total. The molecule has 0 fully saturated rings. The predicted octanol–water partition coefficient (Wildman–Crippen LogP) is 3.43. The van der Waals surface area contributed by atoms with Crippen molar-refractivity contribution in [3.05, 3.63) is 27.7 Å². The first-order chi connectivity index (χ1) is 9.21. The third-order valence-electron chi connectivity index (χ3n) is 2.66. The van der Waals surface area contributed by atoms with Crippen molar-refractivity contribution in [2.75, 3.05) is 17.0 Å². The van der Waals surface area contributed by atoms with Crippen molar-refractivity contribution in [1.29, 1.82) is 0 Å². The van der Waals surface area contributed by atoms with E-state index in [0.717, 1.165) is 5.56 Å². The van der Waals surface area contributed by atoms with E-state index >= 15 is 0 Å². The van der Waals surface area contributed by atoms with E-state index in [4.69, 9.17) is 23.2 Å². The van der Waals surface area contributed by atoms with Gasteiger partial charge in [-0.2, -0.15) is 0 Å². The van der Waals surface area contributed by atoms with Gasteiger partial charge in [-0.05, 0) is 37.6 Å². The molecule has 0 aliphatic rings. The molecule has 114 valence electrons. The smallest absolute Gasteiger partial charge is 0.232 e. The maximum absolute atomic E-state index is 12.0. The second kappa shape index (κ2) is 7.50. The van der Waals surface area contributed by atoms with Gasteiger partial charge < -0.3 is 5.32 Å². The van der Waals surface area contributed by atoms with Gasteiger partial charge in [0.25, 0.3) is 0 Å². The molecule has 0 heterocycles. The molecular weight excluding hydrogens is 319 g/mol. The summed E-state index contributed by atoms with van der Waals surface area (Å²) < 4.78 is 26.4. The van der Waals surface area contributed by atoms with E-state index in [2.05, 4.69) is 10.0 Å². The highest BCUT2D eigenvalue weighted by Gasteiger charge is 2.13. The largest absolute Gasteiger partial charge is 0.314 e. The molecule has 1 aromatic carbocycles. The Morgan fingerprint density at radius 2 is 1.85 bits per heavy atom. The van der Waals surface area contributed by atoms with Crippen LogP contribution in [0.25, 0.3) is 0 Å². The zero-order chi connectivity index (χ0) is 15.3. The second-order valence-corrected chi connectivity index (χ2v) is 7.62. The fourth-order valence-electron chi connectivity index (χ4n) is 1.60. The van der Waals surface area contributed by atoms with Crippen LogP contribution in [-0.4, -0.2) is 26.8 Å². The van der Waals surface area contributed by atoms with Crippen LogP contribution in [0.4, 0.5) is 5.69 Å². The van der Waals surface area contributed by atoms with Crippen LogP contribution in [0.5, 0.6) is 0 Å². The van der Waals surface area contributed by atoms with Gasteiger partial charge in [0.2, 0.25) is 10.0 Å². The minimum absolute atomic E-state index is 0.0363. The fraction of sp³-hybridized carbons (Fsp3) is 0.538. The van der Waals surface area contributed by atoms with Crippen molar-refractivity contribution in [3.63, 3.8) is 0 Å². The van der Waals surface area contributed by atoms with Crippen molar-refractivity contribution < 1.29 is 8.42 Å². The Labute approximate surface area is 130 Å². The number of aryl methyl sites for hydroxylation is 1. The number of anilines is 1. The highest BCUT2D eigenvalue weighted by Crippen LogP contribution is 2.29. The lowest BCUT2D eigenvalue weighted by atomic mass is 10.2. The average Bonchev–Trinajstić information content (AvgIpc) is 2.31. The van der Waals surface area contributed by atoms with Crippen LogP contribution in [-0.2, 0) is 10.0 Å². The SMILES string of the molecule is Cc1cc(Cl)c(NS(=O)(=O)CCCNC(C)C)cc1Cl. The first kappa shape index (κ1) is 17.6. The maximum Gasteiger partial charge on any atom is 0.232 e. The van der Waals surface area contributed by atoms with Gasteiger partial charge in [0.15, 0.2) is 0 Å². The lowest BCUT2D eigenvalue weighted by Gasteiger charge is -2.12. The number of rotatable bonds is 7. The molecular formula is C13H20Cl2N2O2S. The molecule has 4 nitrogen and oxygen atoms in total. The molecule has 0 aromatic heterocycles. The molecule has 0 unspecified atom stereocenters. The normalized spacial score (nSPS) is 11.9. The third kappa shape index (κ3) is 5.87. The number of hydrogen-bond donors (Lipinski definition) is 2. The summed E-state index contributed by atoms with van der Waals surface area (Å²) in [6, 6.07) is 3.52. The van der Waals surface area contributed by atoms with Gasteiger partial charge in [0, 0.05) is 11.1 Å². The summed E-state index contributed by atoms with van der Waals surface area (Å²) in [5.41, 5.74) is 1.12. The number of sulfonamides is 1. The maximum atomic E-state index is 12.0. The summed E-state index contributed by atoms with van der Waals surface area (Å²) in [5, 5.41) is 3.99. The molecule has 0 aliphatic heterocycles. The number of halogens is 2.